The summed E-state index contributed by atoms with van der Waals surface area (Å²) < 4.78 is 5.24. The molecule has 21 heavy (non-hydrogen) atoms. The minimum absolute atomic E-state index is 0.401. The average molecular weight is 283 g/mol. The molecule has 0 bridgehead atoms. The number of methoxy groups -OCH3 is 1. The molecule has 0 amide bonds. The lowest BCUT2D eigenvalue weighted by atomic mass is 10.0. The molecule has 4 heteroatoms. The van der Waals surface area contributed by atoms with Gasteiger partial charge in [-0.3, -0.25) is 9.88 Å². The van der Waals surface area contributed by atoms with E-state index in [0.29, 0.717) is 6.04 Å². The number of hydrogen-bond acceptors (Lipinski definition) is 4. The van der Waals surface area contributed by atoms with Crippen molar-refractivity contribution >= 4 is 0 Å². The van der Waals surface area contributed by atoms with Crippen LogP contribution in [0.3, 0.4) is 0 Å². The standard InChI is InChI=1S/C17H21N3O/c1-21-16-4-2-15(3-5-16)17-12-19-10-11-20(17)13-14-6-8-18-9-7-14/h2-9,17,19H,10-13H2,1H3. The second-order valence-electron chi connectivity index (χ2n) is 5.32. The van der Waals surface area contributed by atoms with Crippen molar-refractivity contribution in [1.82, 2.24) is 15.2 Å². The van der Waals surface area contributed by atoms with Crippen LogP contribution in [0.1, 0.15) is 17.2 Å². The van der Waals surface area contributed by atoms with Crippen molar-refractivity contribution in [3.05, 3.63) is 59.9 Å². The van der Waals surface area contributed by atoms with Crippen LogP contribution < -0.4 is 10.1 Å². The van der Waals surface area contributed by atoms with E-state index >= 15 is 0 Å². The van der Waals surface area contributed by atoms with Gasteiger partial charge in [0.15, 0.2) is 0 Å². The third-order valence-corrected chi connectivity index (χ3v) is 3.99. The molecule has 0 saturated carbocycles. The molecule has 1 aromatic heterocycles. The Morgan fingerprint density at radius 2 is 1.95 bits per heavy atom. The van der Waals surface area contributed by atoms with E-state index in [-0.39, 0.29) is 0 Å². The van der Waals surface area contributed by atoms with Crippen LogP contribution in [0.4, 0.5) is 0 Å². The molecule has 2 aromatic rings. The average Bonchev–Trinajstić information content (AvgIpc) is 2.56. The molecular weight excluding hydrogens is 262 g/mol. The zero-order valence-electron chi connectivity index (χ0n) is 12.3. The van der Waals surface area contributed by atoms with Crippen molar-refractivity contribution in [2.45, 2.75) is 12.6 Å². The van der Waals surface area contributed by atoms with Crippen LogP contribution in [0.15, 0.2) is 48.8 Å². The third kappa shape index (κ3) is 3.40. The SMILES string of the molecule is COc1ccc(C2CNCCN2Cc2ccncc2)cc1. The van der Waals surface area contributed by atoms with Crippen LogP contribution in [0.25, 0.3) is 0 Å². The highest BCUT2D eigenvalue weighted by Gasteiger charge is 2.23. The number of ether oxygens (including phenoxy) is 1. The molecule has 1 saturated heterocycles. The number of benzene rings is 1. The molecule has 2 heterocycles. The van der Waals surface area contributed by atoms with Crippen molar-refractivity contribution < 1.29 is 4.74 Å². The van der Waals surface area contributed by atoms with E-state index in [0.717, 1.165) is 31.9 Å². The largest absolute Gasteiger partial charge is 0.497 e. The second-order valence-corrected chi connectivity index (χ2v) is 5.32. The van der Waals surface area contributed by atoms with Gasteiger partial charge in [-0.2, -0.15) is 0 Å². The van der Waals surface area contributed by atoms with Crippen molar-refractivity contribution in [3.63, 3.8) is 0 Å². The molecule has 110 valence electrons. The molecule has 1 atom stereocenters. The maximum Gasteiger partial charge on any atom is 0.118 e. The lowest BCUT2D eigenvalue weighted by molar-refractivity contribution is 0.153. The van der Waals surface area contributed by atoms with Gasteiger partial charge in [0, 0.05) is 44.6 Å². The Morgan fingerprint density at radius 3 is 2.67 bits per heavy atom. The summed E-state index contributed by atoms with van der Waals surface area (Å²) >= 11 is 0. The summed E-state index contributed by atoms with van der Waals surface area (Å²) in [5.74, 6) is 0.906. The van der Waals surface area contributed by atoms with Crippen LogP contribution >= 0.6 is 0 Å². The minimum Gasteiger partial charge on any atom is -0.497 e. The highest BCUT2D eigenvalue weighted by Crippen LogP contribution is 2.25. The summed E-state index contributed by atoms with van der Waals surface area (Å²) in [6.07, 6.45) is 3.72. The molecule has 3 rings (SSSR count). The molecule has 0 spiro atoms. The Labute approximate surface area is 125 Å². The van der Waals surface area contributed by atoms with Gasteiger partial charge in [-0.05, 0) is 35.4 Å². The molecular formula is C17H21N3O. The first kappa shape index (κ1) is 14.0. The fraction of sp³-hybridized carbons (Fsp3) is 0.353. The maximum absolute atomic E-state index is 5.24. The fourth-order valence-corrected chi connectivity index (χ4v) is 2.81. The first-order chi connectivity index (χ1) is 10.4. The minimum atomic E-state index is 0.401. The molecule has 1 fully saturated rings. The van der Waals surface area contributed by atoms with Crippen molar-refractivity contribution in [3.8, 4) is 5.75 Å². The molecule has 0 radical (unpaired) electrons. The molecule has 1 aromatic carbocycles. The van der Waals surface area contributed by atoms with Gasteiger partial charge in [0.2, 0.25) is 0 Å². The summed E-state index contributed by atoms with van der Waals surface area (Å²) in [5, 5.41) is 3.49. The summed E-state index contributed by atoms with van der Waals surface area (Å²) in [6.45, 7) is 4.04. The molecule has 1 N–H and O–H groups in total. The highest BCUT2D eigenvalue weighted by atomic mass is 16.5. The van der Waals surface area contributed by atoms with Gasteiger partial charge < -0.3 is 10.1 Å². The molecule has 1 aliphatic heterocycles. The Kier molecular flexibility index (Phi) is 4.48. The van der Waals surface area contributed by atoms with E-state index in [1.165, 1.54) is 11.1 Å². The number of nitrogens with zero attached hydrogens (tertiary/aromatic N) is 2. The van der Waals surface area contributed by atoms with E-state index in [1.54, 1.807) is 7.11 Å². The Balaban J connectivity index is 1.77. The van der Waals surface area contributed by atoms with Gasteiger partial charge in [-0.15, -0.1) is 0 Å². The number of hydrogen-bond donors (Lipinski definition) is 1. The summed E-state index contributed by atoms with van der Waals surface area (Å²) in [5.41, 5.74) is 2.64. The topological polar surface area (TPSA) is 37.4 Å². The quantitative estimate of drug-likeness (QED) is 0.934. The van der Waals surface area contributed by atoms with Crippen LogP contribution in [0.5, 0.6) is 5.75 Å². The van der Waals surface area contributed by atoms with E-state index in [1.807, 2.05) is 24.5 Å². The first-order valence-electron chi connectivity index (χ1n) is 7.34. The molecule has 0 aliphatic carbocycles. The van der Waals surface area contributed by atoms with Gasteiger partial charge in [0.25, 0.3) is 0 Å². The van der Waals surface area contributed by atoms with E-state index < -0.39 is 0 Å². The number of piperazine rings is 1. The highest BCUT2D eigenvalue weighted by molar-refractivity contribution is 5.29. The third-order valence-electron chi connectivity index (χ3n) is 3.99. The van der Waals surface area contributed by atoms with Gasteiger partial charge in [0.1, 0.15) is 5.75 Å². The smallest absolute Gasteiger partial charge is 0.118 e. The zero-order valence-corrected chi connectivity index (χ0v) is 12.3. The summed E-state index contributed by atoms with van der Waals surface area (Å²) in [6, 6.07) is 13.0. The van der Waals surface area contributed by atoms with Gasteiger partial charge in [-0.1, -0.05) is 12.1 Å². The maximum atomic E-state index is 5.24. The van der Waals surface area contributed by atoms with E-state index in [9.17, 15) is 0 Å². The number of rotatable bonds is 4. The lowest BCUT2D eigenvalue weighted by Crippen LogP contribution is -2.45. The first-order valence-corrected chi connectivity index (χ1v) is 7.34. The lowest BCUT2D eigenvalue weighted by Gasteiger charge is -2.36. The van der Waals surface area contributed by atoms with E-state index in [4.69, 9.17) is 4.74 Å². The van der Waals surface area contributed by atoms with Crippen molar-refractivity contribution in [1.29, 1.82) is 0 Å². The number of nitrogens with one attached hydrogen (secondary N) is 1. The normalized spacial score (nSPS) is 19.4. The zero-order chi connectivity index (χ0) is 14.5. The Hall–Kier alpha value is -1.91. The molecule has 1 unspecified atom stereocenters. The van der Waals surface area contributed by atoms with Gasteiger partial charge in [0.05, 0.1) is 7.11 Å². The van der Waals surface area contributed by atoms with Gasteiger partial charge in [-0.25, -0.2) is 0 Å². The predicted molar refractivity (Wildman–Crippen MR) is 83.3 cm³/mol. The number of aromatic nitrogens is 1. The number of pyridine rings is 1. The fourth-order valence-electron chi connectivity index (χ4n) is 2.81. The van der Waals surface area contributed by atoms with Crippen molar-refractivity contribution in [2.24, 2.45) is 0 Å². The van der Waals surface area contributed by atoms with Gasteiger partial charge >= 0.3 is 0 Å². The summed E-state index contributed by atoms with van der Waals surface area (Å²) in [4.78, 5) is 6.61. The van der Waals surface area contributed by atoms with Crippen LogP contribution in [-0.4, -0.2) is 36.6 Å². The second kappa shape index (κ2) is 6.70. The van der Waals surface area contributed by atoms with Crippen LogP contribution in [0, 0.1) is 0 Å². The molecule has 4 nitrogen and oxygen atoms in total. The Morgan fingerprint density at radius 1 is 1.19 bits per heavy atom. The van der Waals surface area contributed by atoms with E-state index in [2.05, 4.69) is 39.5 Å². The van der Waals surface area contributed by atoms with Crippen molar-refractivity contribution in [2.75, 3.05) is 26.7 Å². The van der Waals surface area contributed by atoms with Crippen LogP contribution in [0.2, 0.25) is 0 Å². The van der Waals surface area contributed by atoms with Crippen LogP contribution in [-0.2, 0) is 6.54 Å². The predicted octanol–water partition coefficient (Wildman–Crippen LogP) is 2.24. The molecule has 1 aliphatic rings. The summed E-state index contributed by atoms with van der Waals surface area (Å²) in [7, 11) is 1.70. The monoisotopic (exact) mass is 283 g/mol. The Bertz CT molecular complexity index is 556.